The van der Waals surface area contributed by atoms with Gasteiger partial charge in [-0.25, -0.2) is 4.98 Å². The Morgan fingerprint density at radius 1 is 1.41 bits per heavy atom. The van der Waals surface area contributed by atoms with Crippen molar-refractivity contribution in [3.8, 4) is 0 Å². The fourth-order valence-corrected chi connectivity index (χ4v) is 2.04. The maximum Gasteiger partial charge on any atom is 0.111 e. The Morgan fingerprint density at radius 2 is 2.24 bits per heavy atom. The Bertz CT molecular complexity index is 489. The summed E-state index contributed by atoms with van der Waals surface area (Å²) in [6, 6.07) is 2.22. The zero-order valence-electron chi connectivity index (χ0n) is 10.6. The molecule has 0 aliphatic rings. The van der Waals surface area contributed by atoms with Crippen molar-refractivity contribution in [1.29, 1.82) is 0 Å². The molecule has 0 aliphatic heterocycles. The van der Waals surface area contributed by atoms with Crippen molar-refractivity contribution < 1.29 is 0 Å². The molecule has 0 aromatic carbocycles. The van der Waals surface area contributed by atoms with Crippen LogP contribution in [0.4, 0.5) is 0 Å². The van der Waals surface area contributed by atoms with Crippen LogP contribution in [-0.4, -0.2) is 20.6 Å². The molecule has 0 aliphatic carbocycles. The molecular formula is C13H20N4. The Labute approximate surface area is 102 Å². The van der Waals surface area contributed by atoms with Gasteiger partial charge in [0.15, 0.2) is 0 Å². The van der Waals surface area contributed by atoms with Gasteiger partial charge in [-0.1, -0.05) is 13.8 Å². The summed E-state index contributed by atoms with van der Waals surface area (Å²) >= 11 is 0. The van der Waals surface area contributed by atoms with Crippen LogP contribution in [0.25, 0.3) is 11.0 Å². The number of fused-ring (bicyclic) bond motifs is 1. The zero-order chi connectivity index (χ0) is 12.3. The third-order valence-electron chi connectivity index (χ3n) is 3.05. The van der Waals surface area contributed by atoms with Crippen LogP contribution < -0.4 is 5.73 Å². The summed E-state index contributed by atoms with van der Waals surface area (Å²) in [6.45, 7) is 5.28. The predicted molar refractivity (Wildman–Crippen MR) is 69.8 cm³/mol. The molecule has 17 heavy (non-hydrogen) atoms. The van der Waals surface area contributed by atoms with Gasteiger partial charge >= 0.3 is 0 Å². The molecule has 2 N–H and O–H groups in total. The maximum atomic E-state index is 6.02. The van der Waals surface area contributed by atoms with Crippen molar-refractivity contribution in [2.75, 3.05) is 0 Å². The highest BCUT2D eigenvalue weighted by atomic mass is 15.1. The first-order valence-electron chi connectivity index (χ1n) is 6.31. The summed E-state index contributed by atoms with van der Waals surface area (Å²) in [5.74, 6) is 1.09. The highest BCUT2D eigenvalue weighted by Gasteiger charge is 2.12. The molecule has 2 aromatic heterocycles. The molecule has 0 fully saturated rings. The molecule has 0 amide bonds. The summed E-state index contributed by atoms with van der Waals surface area (Å²) in [5, 5.41) is 0. The average Bonchev–Trinajstić information content (AvgIpc) is 2.68. The summed E-state index contributed by atoms with van der Waals surface area (Å²) in [5.41, 5.74) is 8.16. The molecular weight excluding hydrogens is 212 g/mol. The fraction of sp³-hybridized carbons (Fsp3) is 0.538. The lowest BCUT2D eigenvalue weighted by Gasteiger charge is -2.11. The van der Waals surface area contributed by atoms with E-state index in [0.29, 0.717) is 0 Å². The molecule has 2 aromatic rings. The van der Waals surface area contributed by atoms with Gasteiger partial charge in [0.05, 0.1) is 11.7 Å². The number of hydrogen-bond donors (Lipinski definition) is 1. The zero-order valence-corrected chi connectivity index (χ0v) is 10.6. The summed E-state index contributed by atoms with van der Waals surface area (Å²) in [4.78, 5) is 8.76. The molecule has 4 nitrogen and oxygen atoms in total. The van der Waals surface area contributed by atoms with E-state index in [2.05, 4.69) is 28.4 Å². The van der Waals surface area contributed by atoms with Crippen LogP contribution in [0.2, 0.25) is 0 Å². The predicted octanol–water partition coefficient (Wildman–Crippen LogP) is 2.12. The van der Waals surface area contributed by atoms with E-state index in [-0.39, 0.29) is 6.04 Å². The van der Waals surface area contributed by atoms with E-state index in [9.17, 15) is 0 Å². The van der Waals surface area contributed by atoms with Crippen LogP contribution in [-0.2, 0) is 13.0 Å². The molecule has 0 saturated heterocycles. The monoisotopic (exact) mass is 232 g/mol. The standard InChI is InChI=1S/C13H20N4/c1-3-7-17-12-5-6-15-9-11(12)16-13(17)8-10(14)4-2/h5-6,9-10H,3-4,7-8,14H2,1-2H3. The molecule has 2 rings (SSSR count). The first kappa shape index (κ1) is 12.0. The van der Waals surface area contributed by atoms with Crippen molar-refractivity contribution in [1.82, 2.24) is 14.5 Å². The minimum absolute atomic E-state index is 0.190. The highest BCUT2D eigenvalue weighted by molar-refractivity contribution is 5.74. The lowest BCUT2D eigenvalue weighted by Crippen LogP contribution is -2.23. The molecule has 1 atom stereocenters. The number of pyridine rings is 1. The van der Waals surface area contributed by atoms with Crippen molar-refractivity contribution >= 4 is 11.0 Å². The number of imidazole rings is 1. The van der Waals surface area contributed by atoms with Gasteiger partial charge in [-0.05, 0) is 18.9 Å². The minimum atomic E-state index is 0.190. The Hall–Kier alpha value is -1.42. The molecule has 92 valence electrons. The maximum absolute atomic E-state index is 6.02. The second-order valence-corrected chi connectivity index (χ2v) is 4.42. The molecule has 0 saturated carbocycles. The third kappa shape index (κ3) is 2.47. The quantitative estimate of drug-likeness (QED) is 0.859. The summed E-state index contributed by atoms with van der Waals surface area (Å²) in [7, 11) is 0. The Balaban J connectivity index is 2.42. The largest absolute Gasteiger partial charge is 0.328 e. The van der Waals surface area contributed by atoms with Gasteiger partial charge in [0.2, 0.25) is 0 Å². The fourth-order valence-electron chi connectivity index (χ4n) is 2.04. The van der Waals surface area contributed by atoms with Crippen LogP contribution in [0.3, 0.4) is 0 Å². The van der Waals surface area contributed by atoms with Gasteiger partial charge in [-0.15, -0.1) is 0 Å². The summed E-state index contributed by atoms with van der Waals surface area (Å²) in [6.07, 6.45) is 6.56. The minimum Gasteiger partial charge on any atom is -0.328 e. The van der Waals surface area contributed by atoms with Gasteiger partial charge in [0, 0.05) is 25.2 Å². The Kier molecular flexibility index (Phi) is 3.74. The first-order valence-corrected chi connectivity index (χ1v) is 6.31. The van der Waals surface area contributed by atoms with E-state index in [1.54, 1.807) is 0 Å². The van der Waals surface area contributed by atoms with Crippen molar-refractivity contribution in [2.24, 2.45) is 5.73 Å². The SMILES string of the molecule is CCCn1c(CC(N)CC)nc2cnccc21. The molecule has 2 heterocycles. The smallest absolute Gasteiger partial charge is 0.111 e. The molecule has 1 unspecified atom stereocenters. The number of rotatable bonds is 5. The molecule has 0 spiro atoms. The number of hydrogen-bond acceptors (Lipinski definition) is 3. The van der Waals surface area contributed by atoms with E-state index in [1.807, 2.05) is 18.5 Å². The molecule has 0 radical (unpaired) electrons. The second kappa shape index (κ2) is 5.27. The lowest BCUT2D eigenvalue weighted by atomic mass is 10.1. The van der Waals surface area contributed by atoms with Gasteiger partial charge in [-0.2, -0.15) is 0 Å². The van der Waals surface area contributed by atoms with Crippen molar-refractivity contribution in [2.45, 2.75) is 45.7 Å². The van der Waals surface area contributed by atoms with Crippen LogP contribution in [0.1, 0.15) is 32.5 Å². The van der Waals surface area contributed by atoms with Gasteiger partial charge < -0.3 is 10.3 Å². The average molecular weight is 232 g/mol. The molecule has 4 heteroatoms. The van der Waals surface area contributed by atoms with Gasteiger partial charge in [-0.3, -0.25) is 4.98 Å². The van der Waals surface area contributed by atoms with Crippen LogP contribution in [0, 0.1) is 0 Å². The normalized spacial score (nSPS) is 13.1. The highest BCUT2D eigenvalue weighted by Crippen LogP contribution is 2.16. The van der Waals surface area contributed by atoms with Crippen molar-refractivity contribution in [3.05, 3.63) is 24.3 Å². The lowest BCUT2D eigenvalue weighted by molar-refractivity contribution is 0.582. The van der Waals surface area contributed by atoms with E-state index >= 15 is 0 Å². The number of aromatic nitrogens is 3. The first-order chi connectivity index (χ1) is 8.26. The van der Waals surface area contributed by atoms with Gasteiger partial charge in [0.25, 0.3) is 0 Å². The van der Waals surface area contributed by atoms with Crippen LogP contribution >= 0.6 is 0 Å². The molecule has 0 bridgehead atoms. The number of nitrogens with two attached hydrogens (primary N) is 1. The van der Waals surface area contributed by atoms with Crippen LogP contribution in [0.5, 0.6) is 0 Å². The van der Waals surface area contributed by atoms with E-state index in [4.69, 9.17) is 5.73 Å². The second-order valence-electron chi connectivity index (χ2n) is 4.42. The van der Waals surface area contributed by atoms with Gasteiger partial charge in [0.1, 0.15) is 11.3 Å². The van der Waals surface area contributed by atoms with E-state index in [1.165, 1.54) is 5.52 Å². The topological polar surface area (TPSA) is 56.7 Å². The van der Waals surface area contributed by atoms with E-state index in [0.717, 1.165) is 37.1 Å². The number of aryl methyl sites for hydroxylation is 1. The Morgan fingerprint density at radius 3 is 2.94 bits per heavy atom. The van der Waals surface area contributed by atoms with Crippen LogP contribution in [0.15, 0.2) is 18.5 Å². The summed E-state index contributed by atoms with van der Waals surface area (Å²) < 4.78 is 2.27. The third-order valence-corrected chi connectivity index (χ3v) is 3.05. The number of nitrogens with zero attached hydrogens (tertiary/aromatic N) is 3. The van der Waals surface area contributed by atoms with Crippen molar-refractivity contribution in [3.63, 3.8) is 0 Å². The van der Waals surface area contributed by atoms with E-state index < -0.39 is 0 Å².